The maximum atomic E-state index is 13.7. The predicted octanol–water partition coefficient (Wildman–Crippen LogP) is 2.71. The van der Waals surface area contributed by atoms with Crippen LogP contribution in [0.15, 0.2) is 53.7 Å². The van der Waals surface area contributed by atoms with Gasteiger partial charge in [0.25, 0.3) is 6.41 Å². The molecule has 7 unspecified atom stereocenters. The molecule has 0 bridgehead atoms. The number of carbonyl (C=O) groups excluding carboxylic acids is 1. The molecule has 8 rings (SSSR count). The Hall–Kier alpha value is -3.56. The summed E-state index contributed by atoms with van der Waals surface area (Å²) in [5.74, 6) is -0.0949. The number of rotatable bonds is 13. The van der Waals surface area contributed by atoms with E-state index in [2.05, 4.69) is 10.3 Å². The van der Waals surface area contributed by atoms with Crippen molar-refractivity contribution in [2.45, 2.75) is 67.4 Å². The lowest BCUT2D eigenvalue weighted by molar-refractivity contribution is -0.364. The Labute approximate surface area is 324 Å². The fourth-order valence-electron chi connectivity index (χ4n) is 7.71. The number of hydrogen-bond donors (Lipinski definition) is 4. The minimum absolute atomic E-state index is 0.00719. The number of cyclic esters (lactones) is 1. The fourth-order valence-corrected chi connectivity index (χ4v) is 9.52. The molecule has 3 aromatic rings. The van der Waals surface area contributed by atoms with Crippen LogP contribution in [-0.2, 0) is 28.5 Å². The molecule has 55 heavy (non-hydrogen) atoms. The maximum absolute atomic E-state index is 13.7. The first-order valence-corrected chi connectivity index (χ1v) is 20.1. The molecule has 0 spiro atoms. The smallest absolute Gasteiger partial charge is 0.310 e. The molecule has 16 nitrogen and oxygen atoms in total. The minimum Gasteiger partial charge on any atom is -0.493 e. The zero-order valence-corrected chi connectivity index (χ0v) is 31.7. The van der Waals surface area contributed by atoms with Crippen LogP contribution < -0.4 is 29.0 Å². The Morgan fingerprint density at radius 3 is 2.47 bits per heavy atom. The van der Waals surface area contributed by atoms with E-state index < -0.39 is 73.2 Å². The normalized spacial score (nSPS) is 31.1. The number of ether oxygens (including phenoxy) is 10. The number of nitrogens with zero attached hydrogens (tertiary/aromatic N) is 1. The van der Waals surface area contributed by atoms with Crippen molar-refractivity contribution in [3.63, 3.8) is 0 Å². The molecule has 5 heterocycles. The van der Waals surface area contributed by atoms with E-state index in [1.54, 1.807) is 42.1 Å². The van der Waals surface area contributed by atoms with Gasteiger partial charge in [-0.15, -0.1) is 0 Å². The number of esters is 1. The highest BCUT2D eigenvalue weighted by Crippen LogP contribution is 2.57. The van der Waals surface area contributed by atoms with Crippen molar-refractivity contribution in [2.24, 2.45) is 11.8 Å². The lowest BCUT2D eigenvalue weighted by Crippen LogP contribution is -2.63. The van der Waals surface area contributed by atoms with Crippen molar-refractivity contribution in [1.29, 1.82) is 0 Å². The highest BCUT2D eigenvalue weighted by Gasteiger charge is 2.56. The molecule has 1 aliphatic carbocycles. The first-order valence-electron chi connectivity index (χ1n) is 17.8. The zero-order valence-electron chi connectivity index (χ0n) is 30.1. The predicted molar refractivity (Wildman–Crippen MR) is 194 cm³/mol. The summed E-state index contributed by atoms with van der Waals surface area (Å²) in [6, 6.07) is 12.8. The molecule has 4 N–H and O–H groups in total. The lowest BCUT2D eigenvalue weighted by atomic mass is 9.66. The third-order valence-electron chi connectivity index (χ3n) is 10.2. The van der Waals surface area contributed by atoms with Gasteiger partial charge in [-0.05, 0) is 70.8 Å². The first kappa shape index (κ1) is 38.3. The van der Waals surface area contributed by atoms with Gasteiger partial charge >= 0.3 is 5.97 Å². The van der Waals surface area contributed by atoms with Gasteiger partial charge in [0.1, 0.15) is 29.4 Å². The number of benzene rings is 2. The molecule has 296 valence electrons. The second-order valence-electron chi connectivity index (χ2n) is 13.5. The van der Waals surface area contributed by atoms with Crippen molar-refractivity contribution in [3.05, 3.63) is 65.4 Å². The van der Waals surface area contributed by atoms with Gasteiger partial charge in [-0.1, -0.05) is 16.9 Å². The number of fused-ring (bicyclic) bond motifs is 4. The van der Waals surface area contributed by atoms with Crippen LogP contribution in [0.5, 0.6) is 28.7 Å². The van der Waals surface area contributed by atoms with Crippen molar-refractivity contribution in [3.8, 4) is 28.7 Å². The molecule has 3 fully saturated rings. The van der Waals surface area contributed by atoms with Crippen LogP contribution in [0.1, 0.15) is 35.6 Å². The van der Waals surface area contributed by atoms with E-state index in [-0.39, 0.29) is 37.3 Å². The molecular weight excluding hydrogens is 761 g/mol. The van der Waals surface area contributed by atoms with E-state index in [0.717, 1.165) is 5.03 Å². The van der Waals surface area contributed by atoms with Crippen LogP contribution in [0.3, 0.4) is 0 Å². The molecule has 0 amide bonds. The minimum atomic E-state index is -1.46. The van der Waals surface area contributed by atoms with Crippen molar-refractivity contribution >= 4 is 27.6 Å². The van der Waals surface area contributed by atoms with Crippen LogP contribution in [0, 0.1) is 11.8 Å². The van der Waals surface area contributed by atoms with E-state index in [0.29, 0.717) is 40.5 Å². The number of aromatic nitrogens is 1. The van der Waals surface area contributed by atoms with E-state index in [1.165, 1.54) is 25.0 Å². The molecule has 18 heteroatoms. The Morgan fingerprint density at radius 2 is 1.75 bits per heavy atom. The summed E-state index contributed by atoms with van der Waals surface area (Å²) in [5, 5.41) is 36.9. The van der Waals surface area contributed by atoms with Crippen LogP contribution in [-0.4, -0.2) is 116 Å². The third-order valence-corrected chi connectivity index (χ3v) is 12.5. The average molecular weight is 803 g/mol. The second-order valence-corrected chi connectivity index (χ2v) is 15.9. The monoisotopic (exact) mass is 802 g/mol. The molecule has 11 atom stereocenters. The number of aliphatic hydroxyl groups excluding tert-OH is 3. The molecule has 5 aliphatic rings. The van der Waals surface area contributed by atoms with Gasteiger partial charge in [0.2, 0.25) is 12.5 Å². The zero-order chi connectivity index (χ0) is 38.2. The third kappa shape index (κ3) is 7.64. The Morgan fingerprint density at radius 1 is 0.982 bits per heavy atom. The van der Waals surface area contributed by atoms with E-state index in [1.807, 2.05) is 24.3 Å². The van der Waals surface area contributed by atoms with Crippen molar-refractivity contribution < 1.29 is 67.5 Å². The van der Waals surface area contributed by atoms with Crippen LogP contribution in [0.4, 0.5) is 0 Å². The van der Waals surface area contributed by atoms with Gasteiger partial charge in [-0.25, -0.2) is 4.98 Å². The first-order chi connectivity index (χ1) is 26.7. The topological polar surface area (TPSA) is 195 Å². The van der Waals surface area contributed by atoms with Crippen molar-refractivity contribution in [1.82, 2.24) is 10.3 Å². The largest absolute Gasteiger partial charge is 0.493 e. The standard InChI is InChI=1S/C37H42N2O14S2/c1-17-46-15-26-34(50-17)30(40)31(41)36(51-26)52-32-20-13-23-22(48-16-49-23)12-19(20)28(29-21(32)14-47-35(29)42)18-10-24(44-2)33(25(11-18)45-3)53-37(43)39-8-9-54-55-27-6-4-5-7-38-27/h4-7,10-13,17,21,26,28-32,34,36-37,39-41,43H,8-9,14-16H2,1-3H3/t17?,21-,26?,28+,29-,30?,31?,32+,34?,36?,37?/m0/s1. The van der Waals surface area contributed by atoms with Crippen molar-refractivity contribution in [2.75, 3.05) is 46.5 Å². The Kier molecular flexibility index (Phi) is 11.5. The van der Waals surface area contributed by atoms with E-state index in [9.17, 15) is 20.1 Å². The molecule has 0 radical (unpaired) electrons. The summed E-state index contributed by atoms with van der Waals surface area (Å²) in [4.78, 5) is 18.0. The van der Waals surface area contributed by atoms with Crippen LogP contribution in [0.2, 0.25) is 0 Å². The number of aliphatic hydroxyl groups is 3. The molecule has 4 aliphatic heterocycles. The molecule has 2 aromatic carbocycles. The number of carbonyl (C=O) groups is 1. The van der Waals surface area contributed by atoms with Gasteiger partial charge in [-0.3, -0.25) is 10.1 Å². The molecule has 3 saturated heterocycles. The van der Waals surface area contributed by atoms with Gasteiger partial charge in [0.05, 0.1) is 39.5 Å². The number of methoxy groups -OCH3 is 2. The molecule has 1 aromatic heterocycles. The summed E-state index contributed by atoms with van der Waals surface area (Å²) in [6.45, 7) is 2.29. The van der Waals surface area contributed by atoms with Gasteiger partial charge < -0.3 is 62.7 Å². The summed E-state index contributed by atoms with van der Waals surface area (Å²) in [7, 11) is 6.06. The molecular formula is C37H42N2O14S2. The van der Waals surface area contributed by atoms with E-state index >= 15 is 0 Å². The lowest BCUT2D eigenvalue weighted by Gasteiger charge is -2.47. The fraction of sp³-hybridized carbons (Fsp3) is 0.514. The van der Waals surface area contributed by atoms with Gasteiger partial charge in [0, 0.05) is 30.3 Å². The van der Waals surface area contributed by atoms with Crippen LogP contribution >= 0.6 is 21.6 Å². The highest BCUT2D eigenvalue weighted by molar-refractivity contribution is 8.76. The van der Waals surface area contributed by atoms with E-state index in [4.69, 9.17) is 47.4 Å². The second kappa shape index (κ2) is 16.5. The summed E-state index contributed by atoms with van der Waals surface area (Å²) in [5.41, 5.74) is 1.97. The number of pyridine rings is 1. The summed E-state index contributed by atoms with van der Waals surface area (Å²) in [6.07, 6.45) is -6.64. The summed E-state index contributed by atoms with van der Waals surface area (Å²) < 4.78 is 58.7. The summed E-state index contributed by atoms with van der Waals surface area (Å²) >= 11 is 0. The number of hydrogen-bond acceptors (Lipinski definition) is 18. The maximum Gasteiger partial charge on any atom is 0.310 e. The van der Waals surface area contributed by atoms with Crippen LogP contribution in [0.25, 0.3) is 0 Å². The quantitative estimate of drug-likeness (QED) is 0.0852. The SMILES string of the molecule is COc1cc([C@@H]2c3cc4c(cc3[C@@H](OC3OC5COC(C)OC5C(O)C3O)[C@H]3COC(=O)[C@H]23)OCO4)cc(OC)c1OC(O)NCCSSc1ccccn1. The average Bonchev–Trinajstić information content (AvgIpc) is 3.82. The Bertz CT molecular complexity index is 1820. The van der Waals surface area contributed by atoms with Gasteiger partial charge in [-0.2, -0.15) is 0 Å². The Balaban J connectivity index is 1.07. The highest BCUT2D eigenvalue weighted by atomic mass is 33.1. The number of nitrogens with one attached hydrogen (secondary N) is 1. The molecule has 0 saturated carbocycles. The van der Waals surface area contributed by atoms with Gasteiger partial charge in [0.15, 0.2) is 35.6 Å².